The molecule has 0 amide bonds. The van der Waals surface area contributed by atoms with Crippen molar-refractivity contribution < 1.29 is 13.2 Å². The Morgan fingerprint density at radius 1 is 1.23 bits per heavy atom. The van der Waals surface area contributed by atoms with Crippen LogP contribution in [0, 0.1) is 0 Å². The third kappa shape index (κ3) is 0.951. The van der Waals surface area contributed by atoms with E-state index in [0.29, 0.717) is 5.56 Å². The van der Waals surface area contributed by atoms with Crippen molar-refractivity contribution in [1.29, 1.82) is 0 Å². The van der Waals surface area contributed by atoms with Crippen molar-refractivity contribution in [2.24, 2.45) is 0 Å². The molecule has 0 fully saturated rings. The lowest BCUT2D eigenvalue weighted by Crippen LogP contribution is -2.17. The number of sulfone groups is 1. The number of carbonyl (C=O) groups excluding carboxylic acids is 1. The summed E-state index contributed by atoms with van der Waals surface area (Å²) in [6.45, 7) is 1.43. The highest BCUT2D eigenvalue weighted by atomic mass is 32.2. The van der Waals surface area contributed by atoms with Crippen LogP contribution in [0.15, 0.2) is 29.2 Å². The first kappa shape index (κ1) is 8.44. The number of carbonyl (C=O) groups is 1. The second-order valence-electron chi connectivity index (χ2n) is 3.05. The normalized spacial score (nSPS) is 24.4. The Morgan fingerprint density at radius 2 is 1.85 bits per heavy atom. The molecule has 13 heavy (non-hydrogen) atoms. The van der Waals surface area contributed by atoms with Gasteiger partial charge in [-0.2, -0.15) is 0 Å². The minimum atomic E-state index is -3.38. The number of rotatable bonds is 0. The van der Waals surface area contributed by atoms with Gasteiger partial charge in [-0.25, -0.2) is 8.42 Å². The Hall–Kier alpha value is -1.16. The summed E-state index contributed by atoms with van der Waals surface area (Å²) < 4.78 is 23.1. The quantitative estimate of drug-likeness (QED) is 0.623. The largest absolute Gasteiger partial charge is 0.293 e. The van der Waals surface area contributed by atoms with Crippen molar-refractivity contribution in [1.82, 2.24) is 0 Å². The zero-order valence-corrected chi connectivity index (χ0v) is 7.84. The minimum Gasteiger partial charge on any atom is -0.293 e. The van der Waals surface area contributed by atoms with E-state index in [9.17, 15) is 13.2 Å². The topological polar surface area (TPSA) is 51.2 Å². The van der Waals surface area contributed by atoms with E-state index in [1.54, 1.807) is 18.2 Å². The molecule has 0 aliphatic carbocycles. The molecule has 1 aliphatic rings. The molecule has 1 atom stereocenters. The second kappa shape index (κ2) is 2.42. The van der Waals surface area contributed by atoms with Crippen LogP contribution in [0.4, 0.5) is 0 Å². The molecule has 0 unspecified atom stereocenters. The van der Waals surface area contributed by atoms with Crippen LogP contribution in [0.5, 0.6) is 0 Å². The van der Waals surface area contributed by atoms with E-state index >= 15 is 0 Å². The van der Waals surface area contributed by atoms with Crippen LogP contribution in [-0.2, 0) is 9.84 Å². The minimum absolute atomic E-state index is 0.174. The molecule has 4 heteroatoms. The van der Waals surface area contributed by atoms with Gasteiger partial charge in [0.1, 0.15) is 5.25 Å². The average Bonchev–Trinajstić information content (AvgIpc) is 2.30. The summed E-state index contributed by atoms with van der Waals surface area (Å²) in [6, 6.07) is 6.33. The van der Waals surface area contributed by atoms with Crippen molar-refractivity contribution in [3.63, 3.8) is 0 Å². The Bertz CT molecular complexity index is 473. The Kier molecular flexibility index (Phi) is 1.57. The predicted molar refractivity (Wildman–Crippen MR) is 47.4 cm³/mol. The van der Waals surface area contributed by atoms with Gasteiger partial charge in [-0.1, -0.05) is 18.2 Å². The summed E-state index contributed by atoms with van der Waals surface area (Å²) in [5.41, 5.74) is 0.329. The van der Waals surface area contributed by atoms with E-state index in [1.807, 2.05) is 0 Å². The Balaban J connectivity index is 2.83. The third-order valence-corrected chi connectivity index (χ3v) is 4.41. The first-order valence-corrected chi connectivity index (χ1v) is 5.47. The summed E-state index contributed by atoms with van der Waals surface area (Å²) >= 11 is 0. The third-order valence-electron chi connectivity index (χ3n) is 2.29. The molecule has 68 valence electrons. The van der Waals surface area contributed by atoms with Crippen LogP contribution in [0.3, 0.4) is 0 Å². The molecule has 3 nitrogen and oxygen atoms in total. The fourth-order valence-electron chi connectivity index (χ4n) is 1.47. The maximum Gasteiger partial charge on any atom is 0.189 e. The Labute approximate surface area is 76.3 Å². The number of Topliss-reactive ketones (excluding diaryl/α,β-unsaturated/α-hetero) is 1. The van der Waals surface area contributed by atoms with Gasteiger partial charge < -0.3 is 0 Å². The van der Waals surface area contributed by atoms with Gasteiger partial charge in [0.15, 0.2) is 15.6 Å². The van der Waals surface area contributed by atoms with Crippen LogP contribution in [0.1, 0.15) is 17.3 Å². The van der Waals surface area contributed by atoms with Gasteiger partial charge in [0.05, 0.1) is 4.90 Å². The van der Waals surface area contributed by atoms with Gasteiger partial charge in [-0.3, -0.25) is 4.79 Å². The van der Waals surface area contributed by atoms with Crippen LogP contribution >= 0.6 is 0 Å². The zero-order chi connectivity index (χ0) is 9.64. The Morgan fingerprint density at radius 3 is 2.46 bits per heavy atom. The van der Waals surface area contributed by atoms with E-state index in [2.05, 4.69) is 0 Å². The van der Waals surface area contributed by atoms with Gasteiger partial charge in [0.2, 0.25) is 0 Å². The summed E-state index contributed by atoms with van der Waals surface area (Å²) in [5, 5.41) is -0.912. The fraction of sp³-hybridized carbons (Fsp3) is 0.222. The molecule has 1 heterocycles. The summed E-state index contributed by atoms with van der Waals surface area (Å²) in [4.78, 5) is 11.6. The van der Waals surface area contributed by atoms with Gasteiger partial charge in [-0.05, 0) is 13.0 Å². The highest BCUT2D eigenvalue weighted by Crippen LogP contribution is 2.30. The standard InChI is InChI=1S/C9H8O3S/c1-6-9(10)7-4-2-3-5-8(7)13(6,11)12/h2-6H,1H3/t6-/m1/s1. The van der Waals surface area contributed by atoms with E-state index < -0.39 is 15.1 Å². The zero-order valence-electron chi connectivity index (χ0n) is 7.02. The SMILES string of the molecule is C[C@@H]1C(=O)c2ccccc2S1(=O)=O. The predicted octanol–water partition coefficient (Wildman–Crippen LogP) is 1.05. The van der Waals surface area contributed by atoms with Crippen LogP contribution < -0.4 is 0 Å². The lowest BCUT2D eigenvalue weighted by Gasteiger charge is -1.97. The highest BCUT2D eigenvalue weighted by Gasteiger charge is 2.40. The molecular weight excluding hydrogens is 188 g/mol. The van der Waals surface area contributed by atoms with Crippen molar-refractivity contribution in [2.45, 2.75) is 17.1 Å². The monoisotopic (exact) mass is 196 g/mol. The average molecular weight is 196 g/mol. The number of ketones is 1. The number of fused-ring (bicyclic) bond motifs is 1. The van der Waals surface area contributed by atoms with Gasteiger partial charge >= 0.3 is 0 Å². The van der Waals surface area contributed by atoms with Crippen LogP contribution in [0.2, 0.25) is 0 Å². The highest BCUT2D eigenvalue weighted by molar-refractivity contribution is 7.93. The molecule has 0 saturated carbocycles. The number of hydrogen-bond donors (Lipinski definition) is 0. The molecule has 1 aromatic rings. The van der Waals surface area contributed by atoms with Gasteiger partial charge in [0.25, 0.3) is 0 Å². The fourth-order valence-corrected chi connectivity index (χ4v) is 3.00. The smallest absolute Gasteiger partial charge is 0.189 e. The summed E-state index contributed by atoms with van der Waals surface area (Å²) in [7, 11) is -3.38. The lowest BCUT2D eigenvalue weighted by molar-refractivity contribution is 0.0994. The van der Waals surface area contributed by atoms with E-state index in [0.717, 1.165) is 0 Å². The van der Waals surface area contributed by atoms with Gasteiger partial charge in [-0.15, -0.1) is 0 Å². The maximum atomic E-state index is 11.6. The van der Waals surface area contributed by atoms with Crippen molar-refractivity contribution in [3.8, 4) is 0 Å². The van der Waals surface area contributed by atoms with Crippen molar-refractivity contribution in [3.05, 3.63) is 29.8 Å². The molecule has 2 rings (SSSR count). The molecule has 0 saturated heterocycles. The summed E-state index contributed by atoms with van der Waals surface area (Å²) in [5.74, 6) is -0.296. The first-order chi connectivity index (χ1) is 6.05. The van der Waals surface area contributed by atoms with Crippen LogP contribution in [0.25, 0.3) is 0 Å². The van der Waals surface area contributed by atoms with E-state index in [1.165, 1.54) is 13.0 Å². The molecule has 0 bridgehead atoms. The molecule has 0 radical (unpaired) electrons. The van der Waals surface area contributed by atoms with E-state index in [-0.39, 0.29) is 10.7 Å². The lowest BCUT2D eigenvalue weighted by atomic mass is 10.1. The number of benzene rings is 1. The number of hydrogen-bond acceptors (Lipinski definition) is 3. The van der Waals surface area contributed by atoms with E-state index in [4.69, 9.17) is 0 Å². The van der Waals surface area contributed by atoms with Crippen LogP contribution in [-0.4, -0.2) is 19.5 Å². The molecule has 0 aromatic heterocycles. The molecule has 1 aromatic carbocycles. The molecule has 0 spiro atoms. The molecule has 0 N–H and O–H groups in total. The summed E-state index contributed by atoms with van der Waals surface area (Å²) in [6.07, 6.45) is 0. The maximum absolute atomic E-state index is 11.6. The first-order valence-electron chi connectivity index (χ1n) is 3.92. The van der Waals surface area contributed by atoms with Crippen molar-refractivity contribution >= 4 is 15.6 Å². The van der Waals surface area contributed by atoms with Gasteiger partial charge in [0, 0.05) is 5.56 Å². The second-order valence-corrected chi connectivity index (χ2v) is 5.28. The molecular formula is C9H8O3S. The van der Waals surface area contributed by atoms with Crippen molar-refractivity contribution in [2.75, 3.05) is 0 Å². The molecule has 1 aliphatic heterocycles.